The molecule has 0 aliphatic heterocycles. The normalized spacial score (nSPS) is 10.4. The van der Waals surface area contributed by atoms with Crippen LogP contribution in [0, 0.1) is 0 Å². The van der Waals surface area contributed by atoms with Gasteiger partial charge in [0.15, 0.2) is 12.4 Å². The van der Waals surface area contributed by atoms with Crippen LogP contribution >= 0.6 is 0 Å². The van der Waals surface area contributed by atoms with Crippen molar-refractivity contribution in [3.63, 3.8) is 0 Å². The van der Waals surface area contributed by atoms with Crippen LogP contribution in [0.4, 0.5) is 5.69 Å². The summed E-state index contributed by atoms with van der Waals surface area (Å²) in [6.45, 7) is 2.24. The number of rotatable bonds is 7. The second-order valence-electron chi connectivity index (χ2n) is 6.01. The number of anilines is 1. The van der Waals surface area contributed by atoms with Crippen LogP contribution < -0.4 is 15.4 Å². The first-order chi connectivity index (χ1) is 13.6. The van der Waals surface area contributed by atoms with Crippen molar-refractivity contribution in [2.45, 2.75) is 6.92 Å². The molecule has 2 amide bonds. The Bertz CT molecular complexity index is 966. The summed E-state index contributed by atoms with van der Waals surface area (Å²) < 4.78 is 7.20. The number of carbonyl (C=O) groups excluding carboxylic acids is 2. The molecule has 8 nitrogen and oxygen atoms in total. The Hall–Kier alpha value is -3.68. The molecule has 3 aromatic rings. The number of nitrogens with one attached hydrogen (secondary N) is 2. The van der Waals surface area contributed by atoms with Crippen molar-refractivity contribution in [1.82, 2.24) is 20.1 Å². The summed E-state index contributed by atoms with van der Waals surface area (Å²) in [5.74, 6) is 0.816. The topological polar surface area (TPSA) is 98.1 Å². The largest absolute Gasteiger partial charge is 0.484 e. The van der Waals surface area contributed by atoms with Gasteiger partial charge < -0.3 is 15.4 Å². The Morgan fingerprint density at radius 1 is 1.14 bits per heavy atom. The van der Waals surface area contributed by atoms with Crippen LogP contribution in [0.15, 0.2) is 54.9 Å². The van der Waals surface area contributed by atoms with Gasteiger partial charge in [-0.3, -0.25) is 9.59 Å². The van der Waals surface area contributed by atoms with Gasteiger partial charge in [0, 0.05) is 30.4 Å². The summed E-state index contributed by atoms with van der Waals surface area (Å²) >= 11 is 0. The lowest BCUT2D eigenvalue weighted by Gasteiger charge is -2.09. The molecule has 1 aromatic heterocycles. The number of benzene rings is 2. The van der Waals surface area contributed by atoms with Gasteiger partial charge in [0.2, 0.25) is 0 Å². The van der Waals surface area contributed by atoms with E-state index in [0.717, 1.165) is 11.4 Å². The molecular weight excluding hydrogens is 358 g/mol. The summed E-state index contributed by atoms with van der Waals surface area (Å²) in [6, 6.07) is 14.0. The van der Waals surface area contributed by atoms with E-state index in [1.807, 2.05) is 26.1 Å². The molecule has 0 radical (unpaired) electrons. The van der Waals surface area contributed by atoms with E-state index in [4.69, 9.17) is 4.74 Å². The molecule has 1 heterocycles. The SMILES string of the molecule is CCNC(=O)c1cccc(NC(=O)COc2ccc(-c3ncnn3C)cc2)c1. The van der Waals surface area contributed by atoms with E-state index in [9.17, 15) is 9.59 Å². The smallest absolute Gasteiger partial charge is 0.262 e. The number of hydrogen-bond donors (Lipinski definition) is 2. The van der Waals surface area contributed by atoms with E-state index in [0.29, 0.717) is 23.5 Å². The van der Waals surface area contributed by atoms with E-state index in [1.165, 1.54) is 6.33 Å². The highest BCUT2D eigenvalue weighted by Gasteiger charge is 2.09. The third-order valence-corrected chi connectivity index (χ3v) is 3.94. The number of ether oxygens (including phenoxy) is 1. The first kappa shape index (κ1) is 19.1. The summed E-state index contributed by atoms with van der Waals surface area (Å²) in [5.41, 5.74) is 1.92. The zero-order valence-corrected chi connectivity index (χ0v) is 15.7. The summed E-state index contributed by atoms with van der Waals surface area (Å²) in [6.07, 6.45) is 1.49. The predicted octanol–water partition coefficient (Wildman–Crippen LogP) is 2.25. The zero-order valence-electron chi connectivity index (χ0n) is 15.7. The van der Waals surface area contributed by atoms with Crippen molar-refractivity contribution >= 4 is 17.5 Å². The van der Waals surface area contributed by atoms with Crippen molar-refractivity contribution in [3.05, 3.63) is 60.4 Å². The molecule has 0 saturated carbocycles. The van der Waals surface area contributed by atoms with Gasteiger partial charge in [-0.25, -0.2) is 9.67 Å². The molecule has 28 heavy (non-hydrogen) atoms. The Balaban J connectivity index is 1.55. The molecule has 8 heteroatoms. The average Bonchev–Trinajstić information content (AvgIpc) is 3.13. The first-order valence-corrected chi connectivity index (χ1v) is 8.82. The fraction of sp³-hybridized carbons (Fsp3) is 0.200. The number of nitrogens with zero attached hydrogens (tertiary/aromatic N) is 3. The first-order valence-electron chi connectivity index (χ1n) is 8.82. The monoisotopic (exact) mass is 379 g/mol. The van der Waals surface area contributed by atoms with Crippen LogP contribution in [0.3, 0.4) is 0 Å². The van der Waals surface area contributed by atoms with Gasteiger partial charge in [0.25, 0.3) is 11.8 Å². The van der Waals surface area contributed by atoms with Gasteiger partial charge in [0.05, 0.1) is 0 Å². The fourth-order valence-electron chi connectivity index (χ4n) is 2.60. The third kappa shape index (κ3) is 4.73. The van der Waals surface area contributed by atoms with E-state index < -0.39 is 0 Å². The van der Waals surface area contributed by atoms with Crippen molar-refractivity contribution in [1.29, 1.82) is 0 Å². The molecule has 0 atom stereocenters. The maximum absolute atomic E-state index is 12.1. The van der Waals surface area contributed by atoms with Gasteiger partial charge in [-0.15, -0.1) is 0 Å². The van der Waals surface area contributed by atoms with Crippen molar-refractivity contribution in [2.75, 3.05) is 18.5 Å². The lowest BCUT2D eigenvalue weighted by Crippen LogP contribution is -2.23. The van der Waals surface area contributed by atoms with Crippen molar-refractivity contribution < 1.29 is 14.3 Å². The van der Waals surface area contributed by atoms with Gasteiger partial charge in [-0.05, 0) is 49.4 Å². The molecule has 144 valence electrons. The molecule has 2 aromatic carbocycles. The van der Waals surface area contributed by atoms with Crippen LogP contribution in [0.5, 0.6) is 5.75 Å². The molecule has 2 N–H and O–H groups in total. The van der Waals surface area contributed by atoms with E-state index >= 15 is 0 Å². The number of aryl methyl sites for hydroxylation is 1. The second kappa shape index (κ2) is 8.81. The van der Waals surface area contributed by atoms with Crippen molar-refractivity contribution in [3.8, 4) is 17.1 Å². The number of aromatic nitrogens is 3. The lowest BCUT2D eigenvalue weighted by atomic mass is 10.2. The van der Waals surface area contributed by atoms with Gasteiger partial charge in [-0.1, -0.05) is 6.07 Å². The zero-order chi connectivity index (χ0) is 19.9. The van der Waals surface area contributed by atoms with Gasteiger partial charge in [0.1, 0.15) is 12.1 Å². The van der Waals surface area contributed by atoms with Crippen molar-refractivity contribution in [2.24, 2.45) is 7.05 Å². The Labute approximate surface area is 162 Å². The minimum Gasteiger partial charge on any atom is -0.484 e. The highest BCUT2D eigenvalue weighted by Crippen LogP contribution is 2.20. The van der Waals surface area contributed by atoms with E-state index in [2.05, 4.69) is 20.7 Å². The number of amides is 2. The molecule has 3 rings (SSSR count). The van der Waals surface area contributed by atoms with Crippen LogP contribution in [-0.2, 0) is 11.8 Å². The Morgan fingerprint density at radius 2 is 1.93 bits per heavy atom. The van der Waals surface area contributed by atoms with Crippen LogP contribution in [0.25, 0.3) is 11.4 Å². The van der Waals surface area contributed by atoms with Crippen LogP contribution in [-0.4, -0.2) is 39.7 Å². The Morgan fingerprint density at radius 3 is 2.61 bits per heavy atom. The molecule has 0 bridgehead atoms. The highest BCUT2D eigenvalue weighted by molar-refractivity contribution is 5.97. The molecule has 0 spiro atoms. The summed E-state index contributed by atoms with van der Waals surface area (Å²) in [4.78, 5) is 28.2. The van der Waals surface area contributed by atoms with Gasteiger partial charge in [-0.2, -0.15) is 5.10 Å². The lowest BCUT2D eigenvalue weighted by molar-refractivity contribution is -0.118. The van der Waals surface area contributed by atoms with E-state index in [-0.39, 0.29) is 18.4 Å². The molecule has 0 aliphatic rings. The van der Waals surface area contributed by atoms with Crippen LogP contribution in [0.1, 0.15) is 17.3 Å². The molecular formula is C20H21N5O3. The maximum atomic E-state index is 12.1. The second-order valence-corrected chi connectivity index (χ2v) is 6.01. The quantitative estimate of drug-likeness (QED) is 0.656. The van der Waals surface area contributed by atoms with Gasteiger partial charge >= 0.3 is 0 Å². The minimum atomic E-state index is -0.314. The fourth-order valence-corrected chi connectivity index (χ4v) is 2.60. The highest BCUT2D eigenvalue weighted by atomic mass is 16.5. The molecule has 0 unspecified atom stereocenters. The molecule has 0 fully saturated rings. The molecule has 0 saturated heterocycles. The molecule has 0 aliphatic carbocycles. The standard InChI is InChI=1S/C20H21N5O3/c1-3-21-20(27)15-5-4-6-16(11-15)24-18(26)12-28-17-9-7-14(8-10-17)19-22-13-23-25(19)2/h4-11,13H,3,12H2,1-2H3,(H,21,27)(H,24,26). The summed E-state index contributed by atoms with van der Waals surface area (Å²) in [5, 5.41) is 9.48. The Kier molecular flexibility index (Phi) is 6.01. The predicted molar refractivity (Wildman–Crippen MR) is 105 cm³/mol. The third-order valence-electron chi connectivity index (χ3n) is 3.94. The van der Waals surface area contributed by atoms with E-state index in [1.54, 1.807) is 41.1 Å². The average molecular weight is 379 g/mol. The summed E-state index contributed by atoms with van der Waals surface area (Å²) in [7, 11) is 1.82. The minimum absolute atomic E-state index is 0.144. The maximum Gasteiger partial charge on any atom is 0.262 e. The number of carbonyl (C=O) groups is 2. The van der Waals surface area contributed by atoms with Crippen LogP contribution in [0.2, 0.25) is 0 Å². The number of hydrogen-bond acceptors (Lipinski definition) is 5.